The van der Waals surface area contributed by atoms with Gasteiger partial charge in [-0.3, -0.25) is 14.5 Å². The normalized spacial score (nSPS) is 18.5. The summed E-state index contributed by atoms with van der Waals surface area (Å²) in [5, 5.41) is 5.36. The summed E-state index contributed by atoms with van der Waals surface area (Å²) in [6.45, 7) is 7.50. The molecule has 202 valence electrons. The van der Waals surface area contributed by atoms with Crippen LogP contribution in [0.2, 0.25) is 0 Å². The van der Waals surface area contributed by atoms with E-state index in [1.54, 1.807) is 12.1 Å². The Kier molecular flexibility index (Phi) is 7.66. The van der Waals surface area contributed by atoms with Crippen molar-refractivity contribution in [2.75, 3.05) is 13.1 Å². The van der Waals surface area contributed by atoms with Gasteiger partial charge in [-0.2, -0.15) is 13.2 Å². The summed E-state index contributed by atoms with van der Waals surface area (Å²) >= 11 is 0. The molecule has 0 fully saturated rings. The highest BCUT2D eigenvalue weighted by molar-refractivity contribution is 6.03. The standard InChI is InChI=1S/C27H29F3N4O4/c1-4-11-33-21-15-34(20(13-16(2)3)24(35)31-14-17-8-7-12-38-17)25(36)22(21)23(32-26(33)37)18-9-5-6-10-19(18)27(28,29)30/h4-10,12,16,20,23H,1,11,13-15H2,2-3H3,(H,31,35)(H,32,37)/t20-,23+/m0/s1. The number of nitrogens with one attached hydrogen (secondary N) is 2. The van der Waals surface area contributed by atoms with Gasteiger partial charge in [0.2, 0.25) is 5.91 Å². The molecule has 2 aliphatic heterocycles. The van der Waals surface area contributed by atoms with Gasteiger partial charge < -0.3 is 20.0 Å². The topological polar surface area (TPSA) is 94.9 Å². The van der Waals surface area contributed by atoms with Gasteiger partial charge in [-0.25, -0.2) is 4.79 Å². The van der Waals surface area contributed by atoms with Crippen LogP contribution >= 0.6 is 0 Å². The lowest BCUT2D eigenvalue weighted by Crippen LogP contribution is -2.49. The van der Waals surface area contributed by atoms with Crippen LogP contribution in [-0.2, 0) is 22.3 Å². The van der Waals surface area contributed by atoms with E-state index in [1.165, 1.54) is 40.3 Å². The van der Waals surface area contributed by atoms with E-state index in [0.29, 0.717) is 12.2 Å². The number of rotatable bonds is 9. The zero-order valence-corrected chi connectivity index (χ0v) is 21.0. The minimum Gasteiger partial charge on any atom is -0.467 e. The van der Waals surface area contributed by atoms with Crippen molar-refractivity contribution >= 4 is 17.8 Å². The van der Waals surface area contributed by atoms with Crippen LogP contribution in [0.4, 0.5) is 18.0 Å². The minimum absolute atomic E-state index is 0.00995. The summed E-state index contributed by atoms with van der Waals surface area (Å²) in [5.74, 6) is -0.479. The van der Waals surface area contributed by atoms with E-state index < -0.39 is 41.7 Å². The number of alkyl halides is 3. The van der Waals surface area contributed by atoms with Crippen molar-refractivity contribution in [1.82, 2.24) is 20.4 Å². The van der Waals surface area contributed by atoms with Crippen molar-refractivity contribution in [2.45, 2.75) is 45.1 Å². The molecule has 2 aromatic rings. The van der Waals surface area contributed by atoms with Crippen LogP contribution in [0.25, 0.3) is 0 Å². The highest BCUT2D eigenvalue weighted by Gasteiger charge is 2.48. The largest absolute Gasteiger partial charge is 0.467 e. The summed E-state index contributed by atoms with van der Waals surface area (Å²) in [6.07, 6.45) is -1.45. The Morgan fingerprint density at radius 1 is 1.24 bits per heavy atom. The van der Waals surface area contributed by atoms with E-state index in [2.05, 4.69) is 17.2 Å². The number of carbonyl (C=O) groups is 3. The van der Waals surface area contributed by atoms with Crippen LogP contribution in [0, 0.1) is 5.92 Å². The fourth-order valence-electron chi connectivity index (χ4n) is 4.86. The zero-order chi connectivity index (χ0) is 27.6. The maximum absolute atomic E-state index is 13.9. The van der Waals surface area contributed by atoms with Crippen molar-refractivity contribution in [3.05, 3.63) is 83.5 Å². The van der Waals surface area contributed by atoms with Gasteiger partial charge in [0, 0.05) is 6.54 Å². The molecule has 11 heteroatoms. The van der Waals surface area contributed by atoms with Crippen molar-refractivity contribution in [1.29, 1.82) is 0 Å². The Morgan fingerprint density at radius 2 is 1.97 bits per heavy atom. The molecule has 4 rings (SSSR count). The number of amides is 4. The van der Waals surface area contributed by atoms with Crippen molar-refractivity contribution in [3.63, 3.8) is 0 Å². The van der Waals surface area contributed by atoms with E-state index in [4.69, 9.17) is 4.42 Å². The Morgan fingerprint density at radius 3 is 2.61 bits per heavy atom. The lowest BCUT2D eigenvalue weighted by molar-refractivity contribution is -0.139. The Hall–Kier alpha value is -4.02. The SMILES string of the molecule is C=CCN1C(=O)N[C@H](c2ccccc2C(F)(F)F)C2=C1CN([C@@H](CC(C)C)C(=O)NCc1ccco1)C2=O. The number of nitrogens with zero attached hydrogens (tertiary/aromatic N) is 2. The summed E-state index contributed by atoms with van der Waals surface area (Å²) in [7, 11) is 0. The predicted octanol–water partition coefficient (Wildman–Crippen LogP) is 4.38. The monoisotopic (exact) mass is 530 g/mol. The van der Waals surface area contributed by atoms with Crippen molar-refractivity contribution in [2.24, 2.45) is 5.92 Å². The molecule has 1 aromatic heterocycles. The zero-order valence-electron chi connectivity index (χ0n) is 21.0. The first kappa shape index (κ1) is 27.0. The molecule has 2 N–H and O–H groups in total. The second kappa shape index (κ2) is 10.8. The second-order valence-electron chi connectivity index (χ2n) is 9.60. The third kappa shape index (κ3) is 5.32. The predicted molar refractivity (Wildman–Crippen MR) is 132 cm³/mol. The molecular formula is C27H29F3N4O4. The molecule has 0 aliphatic carbocycles. The summed E-state index contributed by atoms with van der Waals surface area (Å²) in [4.78, 5) is 42.8. The molecule has 1 aromatic carbocycles. The van der Waals surface area contributed by atoms with Gasteiger partial charge in [0.05, 0.1) is 42.2 Å². The van der Waals surface area contributed by atoms with Gasteiger partial charge in [-0.15, -0.1) is 6.58 Å². The lowest BCUT2D eigenvalue weighted by atomic mass is 9.91. The maximum Gasteiger partial charge on any atom is 0.416 e. The van der Waals surface area contributed by atoms with Crippen LogP contribution in [0.3, 0.4) is 0 Å². The molecule has 4 amide bonds. The molecule has 0 radical (unpaired) electrons. The van der Waals surface area contributed by atoms with Gasteiger partial charge in [-0.05, 0) is 36.1 Å². The highest BCUT2D eigenvalue weighted by Crippen LogP contribution is 2.42. The number of carbonyl (C=O) groups excluding carboxylic acids is 3. The van der Waals surface area contributed by atoms with Crippen LogP contribution in [0.15, 0.2) is 71.0 Å². The van der Waals surface area contributed by atoms with Crippen LogP contribution in [0.1, 0.15) is 43.2 Å². The quantitative estimate of drug-likeness (QED) is 0.471. The van der Waals surface area contributed by atoms with Crippen LogP contribution < -0.4 is 10.6 Å². The molecule has 3 heterocycles. The summed E-state index contributed by atoms with van der Waals surface area (Å²) in [5.41, 5.74) is -0.920. The van der Waals surface area contributed by atoms with Gasteiger partial charge in [0.25, 0.3) is 5.91 Å². The molecule has 0 bridgehead atoms. The molecule has 38 heavy (non-hydrogen) atoms. The summed E-state index contributed by atoms with van der Waals surface area (Å²) < 4.78 is 46.9. The first-order valence-electron chi connectivity index (χ1n) is 12.2. The van der Waals surface area contributed by atoms with Crippen molar-refractivity contribution < 1.29 is 32.0 Å². The van der Waals surface area contributed by atoms with Gasteiger partial charge in [-0.1, -0.05) is 38.1 Å². The fraction of sp³-hybridized carbons (Fsp3) is 0.370. The molecular weight excluding hydrogens is 501 g/mol. The maximum atomic E-state index is 13.9. The highest BCUT2D eigenvalue weighted by atomic mass is 19.4. The van der Waals surface area contributed by atoms with Gasteiger partial charge in [0.1, 0.15) is 11.8 Å². The fourth-order valence-corrected chi connectivity index (χ4v) is 4.86. The molecule has 0 unspecified atom stereocenters. The Labute approximate surface area is 218 Å². The first-order chi connectivity index (χ1) is 18.0. The smallest absolute Gasteiger partial charge is 0.416 e. The number of halogens is 3. The Bertz CT molecular complexity index is 1250. The number of furan rings is 1. The van der Waals surface area contributed by atoms with E-state index >= 15 is 0 Å². The molecule has 2 atom stereocenters. The van der Waals surface area contributed by atoms with E-state index in [1.807, 2.05) is 13.8 Å². The second-order valence-corrected chi connectivity index (χ2v) is 9.60. The van der Waals surface area contributed by atoms with Crippen LogP contribution in [0.5, 0.6) is 0 Å². The minimum atomic E-state index is -4.70. The van der Waals surface area contributed by atoms with E-state index in [9.17, 15) is 27.6 Å². The van der Waals surface area contributed by atoms with Crippen molar-refractivity contribution in [3.8, 4) is 0 Å². The number of urea groups is 1. The van der Waals surface area contributed by atoms with E-state index in [0.717, 1.165) is 6.07 Å². The average molecular weight is 531 g/mol. The third-order valence-electron chi connectivity index (χ3n) is 6.53. The number of benzene rings is 1. The lowest BCUT2D eigenvalue weighted by Gasteiger charge is -2.33. The first-order valence-corrected chi connectivity index (χ1v) is 12.2. The number of hydrogen-bond donors (Lipinski definition) is 2. The average Bonchev–Trinajstić information content (AvgIpc) is 3.50. The molecule has 2 aliphatic rings. The van der Waals surface area contributed by atoms with Gasteiger partial charge >= 0.3 is 12.2 Å². The summed E-state index contributed by atoms with van der Waals surface area (Å²) in [6, 6.07) is 5.33. The molecule has 0 saturated carbocycles. The van der Waals surface area contributed by atoms with Crippen LogP contribution in [-0.4, -0.2) is 46.8 Å². The Balaban J connectivity index is 1.72. The molecule has 8 nitrogen and oxygen atoms in total. The molecule has 0 saturated heterocycles. The van der Waals surface area contributed by atoms with Gasteiger partial charge in [0.15, 0.2) is 0 Å². The number of hydrogen-bond acceptors (Lipinski definition) is 4. The van der Waals surface area contributed by atoms with E-state index in [-0.39, 0.29) is 42.4 Å². The third-order valence-corrected chi connectivity index (χ3v) is 6.53. The molecule has 0 spiro atoms.